The third kappa shape index (κ3) is 2.98. The van der Waals surface area contributed by atoms with Gasteiger partial charge in [-0.1, -0.05) is 18.2 Å². The predicted octanol–water partition coefficient (Wildman–Crippen LogP) is 2.81. The average Bonchev–Trinajstić information content (AvgIpc) is 3.11. The van der Waals surface area contributed by atoms with Crippen LogP contribution in [-0.2, 0) is 6.42 Å². The van der Waals surface area contributed by atoms with Crippen LogP contribution in [0.2, 0.25) is 5.28 Å². The molecular weight excluding hydrogens is 305 g/mol. The summed E-state index contributed by atoms with van der Waals surface area (Å²) in [4.78, 5) is 11.2. The van der Waals surface area contributed by atoms with Gasteiger partial charge in [-0.2, -0.15) is 9.97 Å². The molecule has 2 aromatic heterocycles. The van der Waals surface area contributed by atoms with Gasteiger partial charge in [0.05, 0.1) is 11.1 Å². The second-order valence-corrected chi connectivity index (χ2v) is 5.48. The topological polar surface area (TPSA) is 65.6 Å². The molecule has 2 heterocycles. The molecule has 0 spiro atoms. The molecule has 3 N–H and O–H groups in total. The summed E-state index contributed by atoms with van der Waals surface area (Å²) in [5.41, 5.74) is 2.14. The van der Waals surface area contributed by atoms with E-state index in [9.17, 15) is 4.39 Å². The molecule has 22 heavy (non-hydrogen) atoms. The van der Waals surface area contributed by atoms with Crippen LogP contribution in [0.1, 0.15) is 12.1 Å². The number of aromatic amines is 1. The van der Waals surface area contributed by atoms with Gasteiger partial charge in [-0.3, -0.25) is 0 Å². The first-order valence-electron chi connectivity index (χ1n) is 7.15. The number of nitrogens with one attached hydrogen (secondary N) is 3. The molecule has 116 valence electrons. The Hall–Kier alpha value is -1.92. The van der Waals surface area contributed by atoms with Crippen molar-refractivity contribution in [1.82, 2.24) is 20.3 Å². The lowest BCUT2D eigenvalue weighted by Crippen LogP contribution is -2.11. The molecule has 1 aliphatic carbocycles. The average molecular weight is 322 g/mol. The SMILES string of the molecule is CNCCc1[nH]c2nc(Cl)nc(NCC3=CC=CC3)c2c1F. The van der Waals surface area contributed by atoms with Crippen LogP contribution in [0.25, 0.3) is 11.0 Å². The van der Waals surface area contributed by atoms with Crippen LogP contribution in [0.3, 0.4) is 0 Å². The Morgan fingerprint density at radius 3 is 3.00 bits per heavy atom. The van der Waals surface area contributed by atoms with E-state index in [4.69, 9.17) is 11.6 Å². The maximum Gasteiger partial charge on any atom is 0.226 e. The quantitative estimate of drug-likeness (QED) is 0.716. The van der Waals surface area contributed by atoms with Gasteiger partial charge < -0.3 is 15.6 Å². The van der Waals surface area contributed by atoms with Crippen LogP contribution >= 0.6 is 11.6 Å². The lowest BCUT2D eigenvalue weighted by molar-refractivity contribution is 0.613. The number of fused-ring (bicyclic) bond motifs is 1. The van der Waals surface area contributed by atoms with Crippen molar-refractivity contribution >= 4 is 28.5 Å². The number of aromatic nitrogens is 3. The minimum absolute atomic E-state index is 0.0925. The minimum atomic E-state index is -0.317. The Kier molecular flexibility index (Phi) is 4.40. The molecule has 0 aromatic carbocycles. The maximum absolute atomic E-state index is 14.6. The molecule has 7 heteroatoms. The second-order valence-electron chi connectivity index (χ2n) is 5.15. The lowest BCUT2D eigenvalue weighted by Gasteiger charge is -2.07. The van der Waals surface area contributed by atoms with Crippen molar-refractivity contribution in [2.75, 3.05) is 25.5 Å². The van der Waals surface area contributed by atoms with Gasteiger partial charge in [0.1, 0.15) is 11.5 Å². The van der Waals surface area contributed by atoms with Crippen LogP contribution in [-0.4, -0.2) is 35.1 Å². The fourth-order valence-electron chi connectivity index (χ4n) is 2.45. The monoisotopic (exact) mass is 321 g/mol. The van der Waals surface area contributed by atoms with Crippen LogP contribution in [0.15, 0.2) is 23.8 Å². The molecule has 0 bridgehead atoms. The summed E-state index contributed by atoms with van der Waals surface area (Å²) in [7, 11) is 1.83. The van der Waals surface area contributed by atoms with Crippen molar-refractivity contribution in [3.8, 4) is 0 Å². The van der Waals surface area contributed by atoms with Gasteiger partial charge in [0.25, 0.3) is 0 Å². The largest absolute Gasteiger partial charge is 0.366 e. The summed E-state index contributed by atoms with van der Waals surface area (Å²) >= 11 is 5.94. The molecule has 2 aromatic rings. The van der Waals surface area contributed by atoms with Gasteiger partial charge in [0.15, 0.2) is 5.82 Å². The molecule has 0 saturated carbocycles. The molecule has 0 amide bonds. The van der Waals surface area contributed by atoms with Gasteiger partial charge >= 0.3 is 0 Å². The predicted molar refractivity (Wildman–Crippen MR) is 86.8 cm³/mol. The summed E-state index contributed by atoms with van der Waals surface area (Å²) in [6, 6.07) is 0. The number of likely N-dealkylation sites (N-methyl/N-ethyl adjacent to an activating group) is 1. The highest BCUT2D eigenvalue weighted by atomic mass is 35.5. The summed E-state index contributed by atoms with van der Waals surface area (Å²) < 4.78 is 14.6. The van der Waals surface area contributed by atoms with Gasteiger partial charge in [-0.15, -0.1) is 0 Å². The molecule has 1 aliphatic rings. The summed E-state index contributed by atoms with van der Waals surface area (Å²) in [5.74, 6) is 0.107. The van der Waals surface area contributed by atoms with Gasteiger partial charge in [-0.25, -0.2) is 4.39 Å². The van der Waals surface area contributed by atoms with Crippen LogP contribution in [0.5, 0.6) is 0 Å². The second kappa shape index (κ2) is 6.46. The number of hydrogen-bond acceptors (Lipinski definition) is 4. The zero-order valence-electron chi connectivity index (χ0n) is 12.2. The van der Waals surface area contributed by atoms with E-state index in [0.29, 0.717) is 42.1 Å². The number of nitrogens with zero attached hydrogens (tertiary/aromatic N) is 2. The molecule has 0 radical (unpaired) electrons. The number of hydrogen-bond donors (Lipinski definition) is 3. The minimum Gasteiger partial charge on any atom is -0.366 e. The normalized spacial score (nSPS) is 13.9. The fraction of sp³-hybridized carbons (Fsp3) is 0.333. The highest BCUT2D eigenvalue weighted by Gasteiger charge is 2.18. The van der Waals surface area contributed by atoms with Crippen molar-refractivity contribution in [3.63, 3.8) is 0 Å². The molecule has 3 rings (SSSR count). The van der Waals surface area contributed by atoms with Crippen LogP contribution in [0.4, 0.5) is 10.2 Å². The molecular formula is C15H17ClFN5. The Morgan fingerprint density at radius 2 is 2.27 bits per heavy atom. The molecule has 0 fully saturated rings. The van der Waals surface area contributed by atoms with Crippen LogP contribution in [0, 0.1) is 5.82 Å². The molecule has 5 nitrogen and oxygen atoms in total. The van der Waals surface area contributed by atoms with Gasteiger partial charge in [0.2, 0.25) is 5.28 Å². The van der Waals surface area contributed by atoms with Gasteiger partial charge in [0, 0.05) is 19.5 Å². The lowest BCUT2D eigenvalue weighted by atomic mass is 10.2. The summed E-state index contributed by atoms with van der Waals surface area (Å²) in [6.45, 7) is 1.28. The number of allylic oxidation sites excluding steroid dienone is 3. The molecule has 0 saturated heterocycles. The number of anilines is 1. The fourth-order valence-corrected chi connectivity index (χ4v) is 2.62. The first-order chi connectivity index (χ1) is 10.7. The highest BCUT2D eigenvalue weighted by molar-refractivity contribution is 6.28. The maximum atomic E-state index is 14.6. The van der Waals surface area contributed by atoms with E-state index in [1.54, 1.807) is 0 Å². The summed E-state index contributed by atoms with van der Waals surface area (Å²) in [6.07, 6.45) is 7.57. The number of rotatable bonds is 6. The van der Waals surface area contributed by atoms with Crippen molar-refractivity contribution in [3.05, 3.63) is 40.6 Å². The Labute approximate surface area is 132 Å². The van der Waals surface area contributed by atoms with E-state index in [-0.39, 0.29) is 11.1 Å². The Morgan fingerprint density at radius 1 is 1.41 bits per heavy atom. The number of halogens is 2. The third-order valence-electron chi connectivity index (χ3n) is 3.59. The first-order valence-corrected chi connectivity index (χ1v) is 7.53. The Bertz CT molecular complexity index is 750. The van der Waals surface area contributed by atoms with Crippen molar-refractivity contribution in [2.45, 2.75) is 12.8 Å². The zero-order valence-corrected chi connectivity index (χ0v) is 13.0. The van der Waals surface area contributed by atoms with E-state index in [1.807, 2.05) is 19.2 Å². The number of H-pyrrole nitrogens is 1. The molecule has 0 atom stereocenters. The van der Waals surface area contributed by atoms with Crippen LogP contribution < -0.4 is 10.6 Å². The van der Waals surface area contributed by atoms with E-state index in [1.165, 1.54) is 5.57 Å². The van der Waals surface area contributed by atoms with E-state index < -0.39 is 0 Å². The van der Waals surface area contributed by atoms with Crippen molar-refractivity contribution in [1.29, 1.82) is 0 Å². The molecule has 0 aliphatic heterocycles. The van der Waals surface area contributed by atoms with E-state index in [2.05, 4.69) is 31.7 Å². The first kappa shape index (κ1) is 15.0. The zero-order chi connectivity index (χ0) is 15.5. The third-order valence-corrected chi connectivity index (χ3v) is 3.76. The van der Waals surface area contributed by atoms with E-state index in [0.717, 1.165) is 6.42 Å². The van der Waals surface area contributed by atoms with E-state index >= 15 is 0 Å². The summed E-state index contributed by atoms with van der Waals surface area (Å²) in [5, 5.41) is 6.61. The molecule has 0 unspecified atom stereocenters. The van der Waals surface area contributed by atoms with Gasteiger partial charge in [-0.05, 0) is 30.6 Å². The van der Waals surface area contributed by atoms with Crippen molar-refractivity contribution in [2.24, 2.45) is 0 Å². The smallest absolute Gasteiger partial charge is 0.226 e. The standard InChI is InChI=1S/C15H17ClFN5/c1-18-7-6-10-12(17)11-13(19-8-9-4-2-3-5-9)21-15(16)22-14(11)20-10/h2-4,18H,5-8H2,1H3,(H2,19,20,21,22). The Balaban J connectivity index is 1.91. The van der Waals surface area contributed by atoms with Crippen molar-refractivity contribution < 1.29 is 4.39 Å². The highest BCUT2D eigenvalue weighted by Crippen LogP contribution is 2.27.